The van der Waals surface area contributed by atoms with Crippen LogP contribution in [-0.2, 0) is 11.3 Å². The summed E-state index contributed by atoms with van der Waals surface area (Å²) in [4.78, 5) is 16.1. The fourth-order valence-corrected chi connectivity index (χ4v) is 2.30. The number of hydrogen-bond acceptors (Lipinski definition) is 3. The minimum absolute atomic E-state index is 0.0694. The van der Waals surface area contributed by atoms with Crippen LogP contribution in [0.2, 0.25) is 0 Å². The first-order valence-corrected chi connectivity index (χ1v) is 6.67. The largest absolute Gasteiger partial charge is 0.317 e. The first-order valence-electron chi connectivity index (χ1n) is 6.67. The highest BCUT2D eigenvalue weighted by molar-refractivity contribution is 5.89. The first kappa shape index (κ1) is 13.1. The molecule has 2 heterocycles. The molecule has 1 aliphatic heterocycles. The Labute approximate surface area is 108 Å². The summed E-state index contributed by atoms with van der Waals surface area (Å²) in [5.74, 6) is 1.74. The summed E-state index contributed by atoms with van der Waals surface area (Å²) in [6.07, 6.45) is 5.32. The van der Waals surface area contributed by atoms with Crippen LogP contribution >= 0.6 is 0 Å². The lowest BCUT2D eigenvalue weighted by Gasteiger charge is -2.12. The smallest absolute Gasteiger partial charge is 0.227 e. The van der Waals surface area contributed by atoms with Crippen molar-refractivity contribution in [2.24, 2.45) is 11.8 Å². The molecule has 1 atom stereocenters. The van der Waals surface area contributed by atoms with Crippen molar-refractivity contribution < 1.29 is 4.79 Å². The molecule has 0 spiro atoms. The number of anilines is 1. The van der Waals surface area contributed by atoms with Gasteiger partial charge < -0.3 is 9.88 Å². The average Bonchev–Trinajstić information content (AvgIpc) is 2.91. The van der Waals surface area contributed by atoms with Crippen LogP contribution in [0.3, 0.4) is 0 Å². The molecule has 5 nitrogen and oxygen atoms in total. The molecule has 0 radical (unpaired) electrons. The van der Waals surface area contributed by atoms with Gasteiger partial charge in [0.1, 0.15) is 0 Å². The van der Waals surface area contributed by atoms with E-state index < -0.39 is 0 Å². The fourth-order valence-electron chi connectivity index (χ4n) is 2.30. The molecule has 0 saturated carbocycles. The lowest BCUT2D eigenvalue weighted by molar-refractivity contribution is -0.117. The van der Waals surface area contributed by atoms with Crippen molar-refractivity contribution in [3.63, 3.8) is 0 Å². The van der Waals surface area contributed by atoms with Gasteiger partial charge in [-0.2, -0.15) is 0 Å². The minimum Gasteiger partial charge on any atom is -0.317 e. The Morgan fingerprint density at radius 2 is 2.50 bits per heavy atom. The van der Waals surface area contributed by atoms with Gasteiger partial charge in [0.25, 0.3) is 0 Å². The molecule has 18 heavy (non-hydrogen) atoms. The standard InChI is InChI=1S/C13H22N4O/c1-10(2)9-17-6-5-15-13(17)16-12(18)7-11-3-4-14-8-11/h5-6,10-11,14H,3-4,7-9H2,1-2H3,(H,15,16,18). The third-order valence-corrected chi connectivity index (χ3v) is 3.16. The molecule has 1 amide bonds. The molecule has 2 rings (SSSR count). The second-order valence-electron chi connectivity index (χ2n) is 5.41. The zero-order valence-corrected chi connectivity index (χ0v) is 11.1. The van der Waals surface area contributed by atoms with E-state index in [0.717, 1.165) is 26.1 Å². The molecule has 5 heteroatoms. The Morgan fingerprint density at radius 3 is 3.17 bits per heavy atom. The van der Waals surface area contributed by atoms with E-state index in [1.165, 1.54) is 0 Å². The summed E-state index contributed by atoms with van der Waals surface area (Å²) in [5.41, 5.74) is 0. The van der Waals surface area contributed by atoms with Crippen molar-refractivity contribution in [1.29, 1.82) is 0 Å². The highest BCUT2D eigenvalue weighted by Gasteiger charge is 2.18. The van der Waals surface area contributed by atoms with E-state index in [1.54, 1.807) is 6.20 Å². The average molecular weight is 250 g/mol. The van der Waals surface area contributed by atoms with E-state index in [2.05, 4.69) is 29.5 Å². The van der Waals surface area contributed by atoms with Gasteiger partial charge in [0.15, 0.2) is 0 Å². The van der Waals surface area contributed by atoms with Gasteiger partial charge in [-0.1, -0.05) is 13.8 Å². The lowest BCUT2D eigenvalue weighted by atomic mass is 10.1. The number of aromatic nitrogens is 2. The summed E-state index contributed by atoms with van der Waals surface area (Å²) in [6, 6.07) is 0. The summed E-state index contributed by atoms with van der Waals surface area (Å²) in [7, 11) is 0. The topological polar surface area (TPSA) is 59.0 Å². The predicted octanol–water partition coefficient (Wildman–Crippen LogP) is 1.48. The summed E-state index contributed by atoms with van der Waals surface area (Å²) < 4.78 is 2.00. The Morgan fingerprint density at radius 1 is 1.67 bits per heavy atom. The fraction of sp³-hybridized carbons (Fsp3) is 0.692. The predicted molar refractivity (Wildman–Crippen MR) is 71.3 cm³/mol. The van der Waals surface area contributed by atoms with Crippen molar-refractivity contribution in [2.45, 2.75) is 33.2 Å². The minimum atomic E-state index is 0.0694. The monoisotopic (exact) mass is 250 g/mol. The first-order chi connectivity index (χ1) is 8.65. The van der Waals surface area contributed by atoms with Crippen molar-refractivity contribution in [3.05, 3.63) is 12.4 Å². The van der Waals surface area contributed by atoms with Gasteiger partial charge in [-0.25, -0.2) is 4.98 Å². The van der Waals surface area contributed by atoms with Gasteiger partial charge in [0.05, 0.1) is 0 Å². The quantitative estimate of drug-likeness (QED) is 0.832. The van der Waals surface area contributed by atoms with E-state index in [-0.39, 0.29) is 5.91 Å². The third kappa shape index (κ3) is 3.57. The van der Waals surface area contributed by atoms with Crippen LogP contribution in [0.4, 0.5) is 5.95 Å². The summed E-state index contributed by atoms with van der Waals surface area (Å²) in [5, 5.41) is 6.18. The molecule has 2 N–H and O–H groups in total. The molecule has 0 aliphatic carbocycles. The Kier molecular flexibility index (Phi) is 4.36. The van der Waals surface area contributed by atoms with Crippen LogP contribution in [0.15, 0.2) is 12.4 Å². The van der Waals surface area contributed by atoms with E-state index in [9.17, 15) is 4.79 Å². The second kappa shape index (κ2) is 6.00. The molecule has 1 saturated heterocycles. The van der Waals surface area contributed by atoms with E-state index in [4.69, 9.17) is 0 Å². The number of rotatable bonds is 5. The van der Waals surface area contributed by atoms with Crippen molar-refractivity contribution in [1.82, 2.24) is 14.9 Å². The highest BCUT2D eigenvalue weighted by atomic mass is 16.1. The summed E-state index contributed by atoms with van der Waals surface area (Å²) >= 11 is 0. The number of nitrogens with zero attached hydrogens (tertiary/aromatic N) is 2. The van der Waals surface area contributed by atoms with Crippen molar-refractivity contribution >= 4 is 11.9 Å². The number of nitrogens with one attached hydrogen (secondary N) is 2. The molecule has 1 unspecified atom stereocenters. The number of carbonyl (C=O) groups is 1. The molecule has 100 valence electrons. The Balaban J connectivity index is 1.88. The van der Waals surface area contributed by atoms with Crippen molar-refractivity contribution in [2.75, 3.05) is 18.4 Å². The number of hydrogen-bond donors (Lipinski definition) is 2. The van der Waals surface area contributed by atoms with Gasteiger partial charge in [-0.15, -0.1) is 0 Å². The van der Waals surface area contributed by atoms with Crippen LogP contribution < -0.4 is 10.6 Å². The van der Waals surface area contributed by atoms with E-state index in [0.29, 0.717) is 24.2 Å². The van der Waals surface area contributed by atoms with Crippen molar-refractivity contribution in [3.8, 4) is 0 Å². The molecule has 0 bridgehead atoms. The lowest BCUT2D eigenvalue weighted by Crippen LogP contribution is -2.20. The molecular formula is C13H22N4O. The van der Waals surface area contributed by atoms with Crippen LogP contribution in [-0.4, -0.2) is 28.5 Å². The van der Waals surface area contributed by atoms with E-state index >= 15 is 0 Å². The van der Waals surface area contributed by atoms with E-state index in [1.807, 2.05) is 10.8 Å². The third-order valence-electron chi connectivity index (χ3n) is 3.16. The molecule has 0 aromatic carbocycles. The van der Waals surface area contributed by atoms with Crippen LogP contribution in [0, 0.1) is 11.8 Å². The number of imidazole rings is 1. The zero-order chi connectivity index (χ0) is 13.0. The van der Waals surface area contributed by atoms with Gasteiger partial charge >= 0.3 is 0 Å². The molecule has 1 aromatic heterocycles. The van der Waals surface area contributed by atoms with Crippen LogP contribution in [0.25, 0.3) is 0 Å². The van der Waals surface area contributed by atoms with Gasteiger partial charge in [0.2, 0.25) is 11.9 Å². The molecule has 1 aliphatic rings. The SMILES string of the molecule is CC(C)Cn1ccnc1NC(=O)CC1CCNC1. The normalized spacial score (nSPS) is 19.4. The number of carbonyl (C=O) groups excluding carboxylic acids is 1. The highest BCUT2D eigenvalue weighted by Crippen LogP contribution is 2.14. The summed E-state index contributed by atoms with van der Waals surface area (Å²) in [6.45, 7) is 7.15. The van der Waals surface area contributed by atoms with Gasteiger partial charge in [-0.05, 0) is 31.3 Å². The Bertz CT molecular complexity index is 393. The van der Waals surface area contributed by atoms with Crippen LogP contribution in [0.1, 0.15) is 26.7 Å². The molecule has 1 aromatic rings. The zero-order valence-electron chi connectivity index (χ0n) is 11.1. The Hall–Kier alpha value is -1.36. The molecular weight excluding hydrogens is 228 g/mol. The number of amides is 1. The maximum atomic E-state index is 11.9. The molecule has 1 fully saturated rings. The maximum absolute atomic E-state index is 11.9. The van der Waals surface area contributed by atoms with Crippen LogP contribution in [0.5, 0.6) is 0 Å². The van der Waals surface area contributed by atoms with Gasteiger partial charge in [0, 0.05) is 25.4 Å². The second-order valence-corrected chi connectivity index (χ2v) is 5.41. The van der Waals surface area contributed by atoms with Gasteiger partial charge in [-0.3, -0.25) is 10.1 Å². The maximum Gasteiger partial charge on any atom is 0.227 e.